The van der Waals surface area contributed by atoms with Crippen LogP contribution in [0.3, 0.4) is 0 Å². The Morgan fingerprint density at radius 2 is 1.95 bits per heavy atom. The maximum absolute atomic E-state index is 11.8. The Hall–Kier alpha value is -1.39. The van der Waals surface area contributed by atoms with E-state index in [9.17, 15) is 4.79 Å². The van der Waals surface area contributed by atoms with E-state index in [1.54, 1.807) is 0 Å². The van der Waals surface area contributed by atoms with Crippen molar-refractivity contribution in [3.05, 3.63) is 35.9 Å². The van der Waals surface area contributed by atoms with Crippen molar-refractivity contribution in [1.82, 2.24) is 10.4 Å². The smallest absolute Gasteiger partial charge is 0.325 e. The van der Waals surface area contributed by atoms with Crippen LogP contribution in [0.4, 0.5) is 0 Å². The molecule has 1 unspecified atom stereocenters. The molecule has 1 aliphatic heterocycles. The second kappa shape index (κ2) is 9.59. The summed E-state index contributed by atoms with van der Waals surface area (Å²) in [5, 5.41) is 5.31. The number of carbonyl (C=O) groups is 1. The van der Waals surface area contributed by atoms with E-state index in [1.807, 2.05) is 11.1 Å². The molecular formula is C18H28N2O2. The molecule has 1 aromatic carbocycles. The normalized spacial score (nSPS) is 17.1. The molecule has 1 atom stereocenters. The van der Waals surface area contributed by atoms with Gasteiger partial charge in [-0.3, -0.25) is 4.79 Å². The lowest BCUT2D eigenvalue weighted by Gasteiger charge is -2.24. The molecule has 0 saturated carbocycles. The average molecular weight is 304 g/mol. The molecule has 4 nitrogen and oxygen atoms in total. The van der Waals surface area contributed by atoms with E-state index < -0.39 is 0 Å². The van der Waals surface area contributed by atoms with E-state index in [2.05, 4.69) is 36.5 Å². The van der Waals surface area contributed by atoms with Crippen molar-refractivity contribution in [2.24, 2.45) is 0 Å². The lowest BCUT2D eigenvalue weighted by Crippen LogP contribution is -2.32. The molecule has 0 aliphatic carbocycles. The summed E-state index contributed by atoms with van der Waals surface area (Å²) in [6, 6.07) is 10.8. The van der Waals surface area contributed by atoms with Crippen LogP contribution in [0.15, 0.2) is 30.3 Å². The Morgan fingerprint density at radius 3 is 2.68 bits per heavy atom. The van der Waals surface area contributed by atoms with Gasteiger partial charge in [-0.2, -0.15) is 0 Å². The molecule has 1 heterocycles. The van der Waals surface area contributed by atoms with Crippen LogP contribution in [0, 0.1) is 0 Å². The maximum atomic E-state index is 11.8. The van der Waals surface area contributed by atoms with Gasteiger partial charge in [-0.1, -0.05) is 36.8 Å². The molecule has 1 aromatic rings. The number of piperidine rings is 1. The van der Waals surface area contributed by atoms with Crippen molar-refractivity contribution < 1.29 is 9.63 Å². The van der Waals surface area contributed by atoms with Crippen LogP contribution in [-0.2, 0) is 16.2 Å². The molecule has 0 spiro atoms. The third-order valence-corrected chi connectivity index (χ3v) is 4.06. The monoisotopic (exact) mass is 304 g/mol. The first-order valence-corrected chi connectivity index (χ1v) is 8.47. The summed E-state index contributed by atoms with van der Waals surface area (Å²) >= 11 is 0. The van der Waals surface area contributed by atoms with Crippen LogP contribution in [0.5, 0.6) is 0 Å². The summed E-state index contributed by atoms with van der Waals surface area (Å²) in [7, 11) is 0. The molecule has 1 fully saturated rings. The van der Waals surface area contributed by atoms with Gasteiger partial charge < -0.3 is 10.2 Å². The van der Waals surface area contributed by atoms with E-state index in [4.69, 9.17) is 4.84 Å². The first kappa shape index (κ1) is 17.0. The fourth-order valence-corrected chi connectivity index (χ4v) is 2.69. The molecule has 1 saturated heterocycles. The molecule has 22 heavy (non-hydrogen) atoms. The predicted octanol–water partition coefficient (Wildman–Crippen LogP) is 3.28. The molecule has 122 valence electrons. The molecule has 0 bridgehead atoms. The van der Waals surface area contributed by atoms with E-state index in [0.717, 1.165) is 45.3 Å². The number of hydrogen-bond acceptors (Lipinski definition) is 4. The quantitative estimate of drug-likeness (QED) is 0.800. The summed E-state index contributed by atoms with van der Waals surface area (Å²) in [6.45, 7) is 4.82. The second-order valence-electron chi connectivity index (χ2n) is 6.11. The topological polar surface area (TPSA) is 41.6 Å². The predicted molar refractivity (Wildman–Crippen MR) is 88.1 cm³/mol. The number of carbonyl (C=O) groups excluding carboxylic acids is 1. The Bertz CT molecular complexity index is 430. The average Bonchev–Trinajstić information content (AvgIpc) is 2.55. The van der Waals surface area contributed by atoms with Gasteiger partial charge in [0, 0.05) is 32.1 Å². The minimum Gasteiger partial charge on any atom is -0.368 e. The van der Waals surface area contributed by atoms with Crippen molar-refractivity contribution in [3.8, 4) is 0 Å². The van der Waals surface area contributed by atoms with Crippen LogP contribution >= 0.6 is 0 Å². The van der Waals surface area contributed by atoms with Gasteiger partial charge in [0.15, 0.2) is 0 Å². The first-order chi connectivity index (χ1) is 10.7. The Balaban J connectivity index is 1.54. The van der Waals surface area contributed by atoms with Crippen molar-refractivity contribution in [1.29, 1.82) is 0 Å². The molecule has 4 heteroatoms. The molecule has 0 amide bonds. The third-order valence-electron chi connectivity index (χ3n) is 4.06. The molecular weight excluding hydrogens is 276 g/mol. The minimum absolute atomic E-state index is 0.0860. The Kier molecular flexibility index (Phi) is 7.40. The van der Waals surface area contributed by atoms with E-state index in [-0.39, 0.29) is 5.97 Å². The summed E-state index contributed by atoms with van der Waals surface area (Å²) < 4.78 is 0. The minimum atomic E-state index is -0.0860. The Morgan fingerprint density at radius 1 is 1.23 bits per heavy atom. The van der Waals surface area contributed by atoms with Gasteiger partial charge in [0.1, 0.15) is 0 Å². The lowest BCUT2D eigenvalue weighted by molar-refractivity contribution is -0.194. The van der Waals surface area contributed by atoms with Crippen molar-refractivity contribution >= 4 is 5.97 Å². The van der Waals surface area contributed by atoms with Crippen LogP contribution in [-0.4, -0.2) is 30.2 Å². The van der Waals surface area contributed by atoms with E-state index in [1.165, 1.54) is 12.0 Å². The van der Waals surface area contributed by atoms with Crippen LogP contribution in [0.25, 0.3) is 0 Å². The fourth-order valence-electron chi connectivity index (χ4n) is 2.69. The highest BCUT2D eigenvalue weighted by atomic mass is 16.7. The van der Waals surface area contributed by atoms with Crippen LogP contribution in [0.2, 0.25) is 0 Å². The largest absolute Gasteiger partial charge is 0.368 e. The van der Waals surface area contributed by atoms with Crippen molar-refractivity contribution in [3.63, 3.8) is 0 Å². The Labute approximate surface area is 133 Å². The molecule has 1 aliphatic rings. The summed E-state index contributed by atoms with van der Waals surface area (Å²) in [5.41, 5.74) is 1.29. The highest BCUT2D eigenvalue weighted by molar-refractivity contribution is 5.68. The second-order valence-corrected chi connectivity index (χ2v) is 6.11. The van der Waals surface area contributed by atoms with E-state index in [0.29, 0.717) is 12.5 Å². The maximum Gasteiger partial charge on any atom is 0.325 e. The fraction of sp³-hybridized carbons (Fsp3) is 0.611. The lowest BCUT2D eigenvalue weighted by atomic mass is 10.1. The highest BCUT2D eigenvalue weighted by Crippen LogP contribution is 2.11. The molecule has 0 aromatic heterocycles. The molecule has 0 radical (unpaired) electrons. The SMILES string of the molecule is CC(CCCC(=O)ON1CCCCC1)NCc1ccccc1. The van der Waals surface area contributed by atoms with Gasteiger partial charge >= 0.3 is 5.97 Å². The molecule has 2 rings (SSSR count). The zero-order valence-electron chi connectivity index (χ0n) is 13.6. The zero-order valence-corrected chi connectivity index (χ0v) is 13.6. The number of benzene rings is 1. The number of hydroxylamine groups is 2. The van der Waals surface area contributed by atoms with E-state index >= 15 is 0 Å². The third kappa shape index (κ3) is 6.58. The van der Waals surface area contributed by atoms with Gasteiger partial charge in [0.05, 0.1) is 0 Å². The molecule has 1 N–H and O–H groups in total. The van der Waals surface area contributed by atoms with Gasteiger partial charge in [-0.05, 0) is 38.2 Å². The zero-order chi connectivity index (χ0) is 15.6. The van der Waals surface area contributed by atoms with Crippen LogP contribution in [0.1, 0.15) is 51.0 Å². The van der Waals surface area contributed by atoms with Crippen molar-refractivity contribution in [2.45, 2.75) is 58.0 Å². The standard InChI is InChI=1S/C18H28N2O2/c1-16(19-15-17-10-4-2-5-11-17)9-8-12-18(21)22-20-13-6-3-7-14-20/h2,4-5,10-11,16,19H,3,6-9,12-15H2,1H3. The van der Waals surface area contributed by atoms with Gasteiger partial charge in [-0.15, -0.1) is 5.06 Å². The number of nitrogens with zero attached hydrogens (tertiary/aromatic N) is 1. The summed E-state index contributed by atoms with van der Waals surface area (Å²) in [6.07, 6.45) is 5.88. The number of hydrogen-bond donors (Lipinski definition) is 1. The summed E-state index contributed by atoms with van der Waals surface area (Å²) in [4.78, 5) is 17.2. The van der Waals surface area contributed by atoms with Gasteiger partial charge in [-0.25, -0.2) is 0 Å². The summed E-state index contributed by atoms with van der Waals surface area (Å²) in [5.74, 6) is -0.0860. The number of rotatable bonds is 8. The highest BCUT2D eigenvalue weighted by Gasteiger charge is 2.15. The first-order valence-electron chi connectivity index (χ1n) is 8.47. The van der Waals surface area contributed by atoms with Gasteiger partial charge in [0.25, 0.3) is 0 Å². The van der Waals surface area contributed by atoms with Crippen molar-refractivity contribution in [2.75, 3.05) is 13.1 Å². The number of nitrogens with one attached hydrogen (secondary N) is 1. The van der Waals surface area contributed by atoms with Gasteiger partial charge in [0.2, 0.25) is 0 Å². The van der Waals surface area contributed by atoms with Crippen LogP contribution < -0.4 is 5.32 Å².